The monoisotopic (exact) mass is 485 g/mol. The molecule has 0 fully saturated rings. The Bertz CT molecular complexity index is 1970. The second-order valence-corrected chi connectivity index (χ2v) is 11.2. The molecule has 6 aromatic rings. The fourth-order valence-electron chi connectivity index (χ4n) is 7.25. The van der Waals surface area contributed by atoms with Gasteiger partial charge in [0.1, 0.15) is 0 Å². The van der Waals surface area contributed by atoms with Gasteiger partial charge in [0, 0.05) is 22.1 Å². The second kappa shape index (κ2) is 7.62. The zero-order chi connectivity index (χ0) is 25.7. The highest BCUT2D eigenvalue weighted by Crippen LogP contribution is 2.43. The third-order valence-electron chi connectivity index (χ3n) is 8.81. The molecule has 1 aromatic heterocycles. The third-order valence-corrected chi connectivity index (χ3v) is 8.81. The first-order valence-electron chi connectivity index (χ1n) is 13.6. The van der Waals surface area contributed by atoms with E-state index >= 15 is 0 Å². The Morgan fingerprint density at radius 2 is 1.26 bits per heavy atom. The highest BCUT2D eigenvalue weighted by atomic mass is 15.0. The van der Waals surface area contributed by atoms with Crippen molar-refractivity contribution in [3.05, 3.63) is 119 Å². The van der Waals surface area contributed by atoms with Gasteiger partial charge in [-0.15, -0.1) is 0 Å². The Morgan fingerprint density at radius 1 is 0.553 bits per heavy atom. The largest absolute Gasteiger partial charge is 0.320 e. The van der Waals surface area contributed by atoms with E-state index in [0.29, 0.717) is 0 Å². The first kappa shape index (κ1) is 21.8. The van der Waals surface area contributed by atoms with Crippen LogP contribution < -0.4 is 16.5 Å². The van der Waals surface area contributed by atoms with Crippen molar-refractivity contribution in [1.29, 1.82) is 0 Å². The number of hydrogen-bond acceptors (Lipinski definition) is 0. The van der Waals surface area contributed by atoms with Crippen LogP contribution in [0.1, 0.15) is 22.3 Å². The van der Waals surface area contributed by atoms with Gasteiger partial charge in [-0.1, -0.05) is 106 Å². The molecule has 2 heteroatoms. The topological polar surface area (TPSA) is 4.93 Å². The number of nitrogens with zero attached hydrogens (tertiary/aromatic N) is 1. The van der Waals surface area contributed by atoms with Crippen LogP contribution in [0.3, 0.4) is 0 Å². The van der Waals surface area contributed by atoms with Crippen molar-refractivity contribution in [2.75, 3.05) is 0 Å². The third kappa shape index (κ3) is 2.73. The first-order chi connectivity index (χ1) is 18.5. The Hall–Kier alpha value is -4.30. The van der Waals surface area contributed by atoms with Crippen LogP contribution in [0.2, 0.25) is 0 Å². The Kier molecular flexibility index (Phi) is 4.36. The lowest BCUT2D eigenvalue weighted by Gasteiger charge is -2.20. The number of aryl methyl sites for hydroxylation is 4. The SMILES string of the molecule is Cc1ccc2c(c1)-c1c3n(c4ccc(C)cc14)-c1ccccc1-c1c(C)cccc1-c1cccc(C)c1B23. The lowest BCUT2D eigenvalue weighted by molar-refractivity contribution is 1.17. The molecule has 180 valence electrons. The summed E-state index contributed by atoms with van der Waals surface area (Å²) < 4.78 is 2.59. The molecule has 0 amide bonds. The van der Waals surface area contributed by atoms with Crippen LogP contribution in [-0.4, -0.2) is 11.3 Å². The summed E-state index contributed by atoms with van der Waals surface area (Å²) in [6, 6.07) is 36.8. The molecule has 5 aromatic carbocycles. The average Bonchev–Trinajstić information content (AvgIpc) is 3.41. The second-order valence-electron chi connectivity index (χ2n) is 11.2. The van der Waals surface area contributed by atoms with Gasteiger partial charge in [-0.25, -0.2) is 0 Å². The van der Waals surface area contributed by atoms with Gasteiger partial charge in [0.05, 0.1) is 11.2 Å². The Labute approximate surface area is 224 Å². The summed E-state index contributed by atoms with van der Waals surface area (Å²) in [4.78, 5) is 0. The number of hydrogen-bond donors (Lipinski definition) is 0. The molecule has 2 aliphatic rings. The average molecular weight is 485 g/mol. The molecule has 38 heavy (non-hydrogen) atoms. The van der Waals surface area contributed by atoms with Crippen LogP contribution in [0.25, 0.3) is 50.0 Å². The van der Waals surface area contributed by atoms with E-state index in [4.69, 9.17) is 0 Å². The quantitative estimate of drug-likeness (QED) is 0.204. The minimum atomic E-state index is 0.157. The smallest absolute Gasteiger partial charge is 0.265 e. The summed E-state index contributed by atoms with van der Waals surface area (Å²) in [6.45, 7) is 9.14. The molecule has 0 N–H and O–H groups in total. The lowest BCUT2D eigenvalue weighted by Crippen LogP contribution is -2.53. The number of rotatable bonds is 0. The molecule has 0 bridgehead atoms. The molecule has 3 heterocycles. The standard InChI is InChI=1S/C36H28BN/c1-21-15-17-30-28(19-21)34-29-20-22(2)16-18-32(29)38-31-14-6-5-11-27(31)33-23(3)9-7-12-25(33)26-13-8-10-24(4)35(26)37(30)36(34)38/h5-20H,1-4H3. The molecule has 1 nitrogen and oxygen atoms in total. The molecule has 0 aliphatic carbocycles. The van der Waals surface area contributed by atoms with Crippen LogP contribution in [0.15, 0.2) is 97.1 Å². The maximum atomic E-state index is 2.59. The van der Waals surface area contributed by atoms with E-state index in [0.717, 1.165) is 0 Å². The van der Waals surface area contributed by atoms with Crippen LogP contribution in [0.4, 0.5) is 0 Å². The summed E-state index contributed by atoms with van der Waals surface area (Å²) in [5.74, 6) is 0. The summed E-state index contributed by atoms with van der Waals surface area (Å²) >= 11 is 0. The minimum Gasteiger partial charge on any atom is -0.320 e. The van der Waals surface area contributed by atoms with Gasteiger partial charge in [0.2, 0.25) is 0 Å². The number of para-hydroxylation sites is 1. The highest BCUT2D eigenvalue weighted by molar-refractivity contribution is 7.00. The number of benzene rings is 5. The summed E-state index contributed by atoms with van der Waals surface area (Å²) in [5, 5.41) is 1.35. The van der Waals surface area contributed by atoms with E-state index in [2.05, 4.69) is 129 Å². The zero-order valence-electron chi connectivity index (χ0n) is 22.3. The fourth-order valence-corrected chi connectivity index (χ4v) is 7.25. The molecule has 0 radical (unpaired) electrons. The minimum absolute atomic E-state index is 0.157. The van der Waals surface area contributed by atoms with Gasteiger partial charge < -0.3 is 4.57 Å². The summed E-state index contributed by atoms with van der Waals surface area (Å²) in [5.41, 5.74) is 20.1. The van der Waals surface area contributed by atoms with E-state index in [1.807, 2.05) is 0 Å². The molecule has 2 aliphatic heterocycles. The Balaban J connectivity index is 1.68. The predicted molar refractivity (Wildman–Crippen MR) is 163 cm³/mol. The number of aromatic nitrogens is 1. The van der Waals surface area contributed by atoms with Crippen molar-refractivity contribution < 1.29 is 0 Å². The van der Waals surface area contributed by atoms with Gasteiger partial charge in [-0.3, -0.25) is 0 Å². The van der Waals surface area contributed by atoms with E-state index in [1.165, 1.54) is 88.7 Å². The van der Waals surface area contributed by atoms with Crippen molar-refractivity contribution in [3.8, 4) is 39.1 Å². The van der Waals surface area contributed by atoms with Gasteiger partial charge >= 0.3 is 0 Å². The molecule has 0 unspecified atom stereocenters. The maximum Gasteiger partial charge on any atom is 0.265 e. The van der Waals surface area contributed by atoms with Gasteiger partial charge in [-0.2, -0.15) is 0 Å². The van der Waals surface area contributed by atoms with Crippen molar-refractivity contribution in [2.24, 2.45) is 0 Å². The van der Waals surface area contributed by atoms with E-state index in [9.17, 15) is 0 Å². The zero-order valence-corrected chi connectivity index (χ0v) is 22.3. The van der Waals surface area contributed by atoms with Gasteiger partial charge in [0.25, 0.3) is 6.71 Å². The highest BCUT2D eigenvalue weighted by Gasteiger charge is 2.42. The predicted octanol–water partition coefficient (Wildman–Crippen LogP) is 7.01. The lowest BCUT2D eigenvalue weighted by atomic mass is 9.38. The molecule has 8 rings (SSSR count). The molecular formula is C36H28BN. The fraction of sp³-hybridized carbons (Fsp3) is 0.111. The van der Waals surface area contributed by atoms with Crippen LogP contribution in [-0.2, 0) is 0 Å². The van der Waals surface area contributed by atoms with E-state index < -0.39 is 0 Å². The number of fused-ring (bicyclic) bond motifs is 13. The van der Waals surface area contributed by atoms with Gasteiger partial charge in [0.15, 0.2) is 0 Å². The molecule has 0 spiro atoms. The van der Waals surface area contributed by atoms with Crippen LogP contribution in [0.5, 0.6) is 0 Å². The molecule has 0 saturated heterocycles. The molecule has 0 saturated carbocycles. The van der Waals surface area contributed by atoms with Crippen molar-refractivity contribution in [1.82, 2.24) is 4.57 Å². The van der Waals surface area contributed by atoms with E-state index in [-0.39, 0.29) is 6.71 Å². The van der Waals surface area contributed by atoms with Crippen molar-refractivity contribution >= 4 is 34.1 Å². The van der Waals surface area contributed by atoms with E-state index in [1.54, 1.807) is 0 Å². The maximum absolute atomic E-state index is 2.59. The van der Waals surface area contributed by atoms with Crippen molar-refractivity contribution in [2.45, 2.75) is 27.7 Å². The first-order valence-corrected chi connectivity index (χ1v) is 13.6. The van der Waals surface area contributed by atoms with Crippen molar-refractivity contribution in [3.63, 3.8) is 0 Å². The summed E-state index contributed by atoms with van der Waals surface area (Å²) in [7, 11) is 0. The Morgan fingerprint density at radius 3 is 2.13 bits per heavy atom. The van der Waals surface area contributed by atoms with Crippen LogP contribution >= 0.6 is 0 Å². The van der Waals surface area contributed by atoms with Gasteiger partial charge in [-0.05, 0) is 73.7 Å². The summed E-state index contributed by atoms with van der Waals surface area (Å²) in [6.07, 6.45) is 0. The normalized spacial score (nSPS) is 12.7. The molecule has 0 atom stereocenters. The molecular weight excluding hydrogens is 457 g/mol. The van der Waals surface area contributed by atoms with Crippen LogP contribution in [0, 0.1) is 27.7 Å².